The topological polar surface area (TPSA) is 107 Å². The average molecular weight is 487 g/mol. The van der Waals surface area contributed by atoms with Crippen LogP contribution in [0.25, 0.3) is 0 Å². The number of nitrogens with one attached hydrogen (secondary N) is 2. The molecule has 3 aromatic rings. The highest BCUT2D eigenvalue weighted by Gasteiger charge is 2.15. The minimum atomic E-state index is -0.531. The number of ether oxygens (including phenoxy) is 2. The first-order chi connectivity index (χ1) is 14.9. The zero-order chi connectivity index (χ0) is 22.4. The molecule has 0 aliphatic rings. The molecule has 0 aliphatic carbocycles. The molecular weight excluding hydrogens is 468 g/mol. The van der Waals surface area contributed by atoms with E-state index in [1.54, 1.807) is 48.5 Å². The summed E-state index contributed by atoms with van der Waals surface area (Å²) in [4.78, 5) is 36.7. The van der Waals surface area contributed by atoms with Crippen molar-refractivity contribution in [2.75, 3.05) is 19.5 Å². The molecule has 0 atom stereocenters. The van der Waals surface area contributed by atoms with Gasteiger partial charge in [0.05, 0.1) is 14.2 Å². The van der Waals surface area contributed by atoms with Crippen molar-refractivity contribution in [3.63, 3.8) is 0 Å². The average Bonchev–Trinajstić information content (AvgIpc) is 3.23. The largest absolute Gasteiger partial charge is 0.496 e. The summed E-state index contributed by atoms with van der Waals surface area (Å²) in [5.41, 5.74) is 1.77. The Bertz CT molecular complexity index is 1120. The quantitative estimate of drug-likeness (QED) is 0.488. The molecule has 0 saturated heterocycles. The Morgan fingerprint density at radius 3 is 2.48 bits per heavy atom. The molecule has 1 heterocycles. The number of rotatable bonds is 7. The number of anilines is 1. The number of amides is 2. The van der Waals surface area contributed by atoms with Gasteiger partial charge in [-0.1, -0.05) is 12.1 Å². The van der Waals surface area contributed by atoms with E-state index in [-0.39, 0.29) is 23.8 Å². The zero-order valence-corrected chi connectivity index (χ0v) is 18.3. The Labute approximate surface area is 186 Å². The summed E-state index contributed by atoms with van der Waals surface area (Å²) < 4.78 is 15.6. The standard InChI is InChI=1S/C22H19BrN2O6/c1-29-17-7-6-13(10-16(17)22(28)30-2)12-24-20(26)14-4-3-5-15(11-14)25-21(27)18-8-9-19(23)31-18/h3-11H,12H2,1-2H3,(H,24,26)(H,25,27). The van der Waals surface area contributed by atoms with Crippen molar-refractivity contribution in [1.29, 1.82) is 0 Å². The monoisotopic (exact) mass is 486 g/mol. The Balaban J connectivity index is 1.66. The second-order valence-corrected chi connectivity index (χ2v) is 7.13. The number of halogens is 1. The Kier molecular flexibility index (Phi) is 7.09. The van der Waals surface area contributed by atoms with Crippen molar-refractivity contribution < 1.29 is 28.3 Å². The molecule has 0 unspecified atom stereocenters. The van der Waals surface area contributed by atoms with Gasteiger partial charge >= 0.3 is 5.97 Å². The molecule has 0 radical (unpaired) electrons. The number of hydrogen-bond donors (Lipinski definition) is 2. The van der Waals surface area contributed by atoms with E-state index < -0.39 is 11.9 Å². The van der Waals surface area contributed by atoms with Crippen LogP contribution in [0.1, 0.15) is 36.8 Å². The van der Waals surface area contributed by atoms with E-state index in [1.165, 1.54) is 20.3 Å². The zero-order valence-electron chi connectivity index (χ0n) is 16.7. The summed E-state index contributed by atoms with van der Waals surface area (Å²) in [6.07, 6.45) is 0. The van der Waals surface area contributed by atoms with E-state index >= 15 is 0 Å². The maximum Gasteiger partial charge on any atom is 0.341 e. The molecule has 160 valence electrons. The van der Waals surface area contributed by atoms with Crippen LogP contribution < -0.4 is 15.4 Å². The van der Waals surface area contributed by atoms with Crippen LogP contribution in [0, 0.1) is 0 Å². The van der Waals surface area contributed by atoms with E-state index in [0.29, 0.717) is 27.2 Å². The highest BCUT2D eigenvalue weighted by molar-refractivity contribution is 9.10. The van der Waals surface area contributed by atoms with Crippen molar-refractivity contribution >= 4 is 39.4 Å². The second kappa shape index (κ2) is 9.94. The van der Waals surface area contributed by atoms with Crippen LogP contribution in [-0.2, 0) is 11.3 Å². The molecule has 2 N–H and O–H groups in total. The molecule has 31 heavy (non-hydrogen) atoms. The van der Waals surface area contributed by atoms with Crippen molar-refractivity contribution in [2.45, 2.75) is 6.54 Å². The van der Waals surface area contributed by atoms with Gasteiger partial charge in [-0.15, -0.1) is 0 Å². The maximum atomic E-state index is 12.6. The fourth-order valence-corrected chi connectivity index (χ4v) is 3.09. The normalized spacial score (nSPS) is 10.3. The van der Waals surface area contributed by atoms with Gasteiger partial charge in [0, 0.05) is 17.8 Å². The van der Waals surface area contributed by atoms with Crippen molar-refractivity contribution in [3.8, 4) is 5.75 Å². The third-order valence-corrected chi connectivity index (χ3v) is 4.73. The predicted octanol–water partition coefficient (Wildman–Crippen LogP) is 4.02. The molecule has 0 fully saturated rings. The van der Waals surface area contributed by atoms with Gasteiger partial charge < -0.3 is 24.5 Å². The van der Waals surface area contributed by atoms with Crippen LogP contribution in [0.3, 0.4) is 0 Å². The first kappa shape index (κ1) is 22.1. The van der Waals surface area contributed by atoms with Gasteiger partial charge in [0.2, 0.25) is 0 Å². The van der Waals surface area contributed by atoms with Gasteiger partial charge in [-0.2, -0.15) is 0 Å². The number of furan rings is 1. The molecule has 2 aromatic carbocycles. The SMILES string of the molecule is COC(=O)c1cc(CNC(=O)c2cccc(NC(=O)c3ccc(Br)o3)c2)ccc1OC. The second-order valence-electron chi connectivity index (χ2n) is 6.35. The van der Waals surface area contributed by atoms with Gasteiger partial charge in [0.1, 0.15) is 11.3 Å². The lowest BCUT2D eigenvalue weighted by Gasteiger charge is -2.11. The maximum absolute atomic E-state index is 12.6. The lowest BCUT2D eigenvalue weighted by molar-refractivity contribution is 0.0596. The molecule has 2 amide bonds. The summed E-state index contributed by atoms with van der Waals surface area (Å²) in [5.74, 6) is -0.780. The fourth-order valence-electron chi connectivity index (χ4n) is 2.79. The van der Waals surface area contributed by atoms with E-state index in [4.69, 9.17) is 13.9 Å². The number of methoxy groups -OCH3 is 2. The van der Waals surface area contributed by atoms with E-state index in [9.17, 15) is 14.4 Å². The smallest absolute Gasteiger partial charge is 0.341 e. The van der Waals surface area contributed by atoms with Crippen LogP contribution in [-0.4, -0.2) is 32.0 Å². The Morgan fingerprint density at radius 2 is 1.81 bits per heavy atom. The summed E-state index contributed by atoms with van der Waals surface area (Å²) in [7, 11) is 2.74. The summed E-state index contributed by atoms with van der Waals surface area (Å²) in [6.45, 7) is 0.184. The van der Waals surface area contributed by atoms with Gasteiger partial charge in [0.15, 0.2) is 10.4 Å². The van der Waals surface area contributed by atoms with Crippen LogP contribution in [0.5, 0.6) is 5.75 Å². The van der Waals surface area contributed by atoms with Crippen molar-refractivity contribution in [2.24, 2.45) is 0 Å². The minimum Gasteiger partial charge on any atom is -0.496 e. The number of carbonyl (C=O) groups excluding carboxylic acids is 3. The summed E-state index contributed by atoms with van der Waals surface area (Å²) in [6, 6.07) is 14.6. The van der Waals surface area contributed by atoms with E-state index in [1.807, 2.05) is 0 Å². The molecule has 0 spiro atoms. The fraction of sp³-hybridized carbons (Fsp3) is 0.136. The number of esters is 1. The van der Waals surface area contributed by atoms with Crippen molar-refractivity contribution in [3.05, 3.63) is 81.7 Å². The highest BCUT2D eigenvalue weighted by atomic mass is 79.9. The molecular formula is C22H19BrN2O6. The van der Waals surface area contributed by atoms with E-state index in [2.05, 4.69) is 26.6 Å². The summed E-state index contributed by atoms with van der Waals surface area (Å²) >= 11 is 3.15. The first-order valence-corrected chi connectivity index (χ1v) is 9.90. The number of hydrogen-bond acceptors (Lipinski definition) is 6. The molecule has 9 heteroatoms. The van der Waals surface area contributed by atoms with Gasteiger partial charge in [0.25, 0.3) is 11.8 Å². The molecule has 8 nitrogen and oxygen atoms in total. The molecule has 0 bridgehead atoms. The highest BCUT2D eigenvalue weighted by Crippen LogP contribution is 2.21. The molecule has 0 saturated carbocycles. The van der Waals surface area contributed by atoms with Crippen LogP contribution in [0.4, 0.5) is 5.69 Å². The van der Waals surface area contributed by atoms with Gasteiger partial charge in [-0.3, -0.25) is 9.59 Å². The Hall–Kier alpha value is -3.59. The third kappa shape index (κ3) is 5.52. The summed E-state index contributed by atoms with van der Waals surface area (Å²) in [5, 5.41) is 5.46. The van der Waals surface area contributed by atoms with Crippen LogP contribution >= 0.6 is 15.9 Å². The number of carbonyl (C=O) groups is 3. The van der Waals surface area contributed by atoms with Crippen molar-refractivity contribution in [1.82, 2.24) is 5.32 Å². The lowest BCUT2D eigenvalue weighted by atomic mass is 10.1. The molecule has 3 rings (SSSR count). The minimum absolute atomic E-state index is 0.141. The van der Waals surface area contributed by atoms with E-state index in [0.717, 1.165) is 0 Å². The Morgan fingerprint density at radius 1 is 1.00 bits per heavy atom. The predicted molar refractivity (Wildman–Crippen MR) is 116 cm³/mol. The molecule has 0 aliphatic heterocycles. The van der Waals surface area contributed by atoms with Crippen LogP contribution in [0.15, 0.2) is 63.7 Å². The van der Waals surface area contributed by atoms with Gasteiger partial charge in [-0.05, 0) is 64.0 Å². The van der Waals surface area contributed by atoms with Gasteiger partial charge in [-0.25, -0.2) is 4.79 Å². The van der Waals surface area contributed by atoms with Crippen LogP contribution in [0.2, 0.25) is 0 Å². The molecule has 1 aromatic heterocycles. The lowest BCUT2D eigenvalue weighted by Crippen LogP contribution is -2.23. The third-order valence-electron chi connectivity index (χ3n) is 4.30. The first-order valence-electron chi connectivity index (χ1n) is 9.11. The number of benzene rings is 2.